The highest BCUT2D eigenvalue weighted by Gasteiger charge is 2.15. The Bertz CT molecular complexity index is 422. The second kappa shape index (κ2) is 7.88. The minimum Gasteiger partial charge on any atom is -0.334 e. The van der Waals surface area contributed by atoms with Gasteiger partial charge >= 0.3 is 6.03 Å². The Labute approximate surface area is 121 Å². The minimum absolute atomic E-state index is 0.0864. The molecule has 0 bridgehead atoms. The topological polar surface area (TPSA) is 32.3 Å². The van der Waals surface area contributed by atoms with Crippen molar-refractivity contribution in [2.45, 2.75) is 34.2 Å². The van der Waals surface area contributed by atoms with Crippen molar-refractivity contribution in [3.63, 3.8) is 0 Å². The molecular formula is C16H25FN2O. The molecule has 112 valence electrons. The predicted molar refractivity (Wildman–Crippen MR) is 79.9 cm³/mol. The first-order chi connectivity index (χ1) is 9.38. The molecular weight excluding hydrogens is 255 g/mol. The Kier molecular flexibility index (Phi) is 6.49. The first-order valence-corrected chi connectivity index (χ1v) is 7.15. The van der Waals surface area contributed by atoms with E-state index in [0.29, 0.717) is 18.4 Å². The van der Waals surface area contributed by atoms with Gasteiger partial charge in [0.1, 0.15) is 5.82 Å². The number of nitrogens with zero attached hydrogens (tertiary/aromatic N) is 1. The van der Waals surface area contributed by atoms with Crippen LogP contribution in [-0.2, 0) is 6.54 Å². The summed E-state index contributed by atoms with van der Waals surface area (Å²) in [7, 11) is 0. The van der Waals surface area contributed by atoms with Gasteiger partial charge in [0, 0.05) is 19.6 Å². The van der Waals surface area contributed by atoms with Crippen LogP contribution in [0.2, 0.25) is 0 Å². The largest absolute Gasteiger partial charge is 0.334 e. The number of amides is 2. The molecule has 20 heavy (non-hydrogen) atoms. The lowest BCUT2D eigenvalue weighted by molar-refractivity contribution is 0.183. The highest BCUT2D eigenvalue weighted by Crippen LogP contribution is 2.06. The molecule has 0 unspecified atom stereocenters. The van der Waals surface area contributed by atoms with E-state index in [1.54, 1.807) is 12.1 Å². The lowest BCUT2D eigenvalue weighted by Gasteiger charge is -2.26. The Morgan fingerprint density at radius 1 is 1.20 bits per heavy atom. The van der Waals surface area contributed by atoms with Crippen LogP contribution in [0.1, 0.15) is 33.3 Å². The molecule has 0 saturated heterocycles. The van der Waals surface area contributed by atoms with Crippen LogP contribution in [0, 0.1) is 17.7 Å². The molecule has 2 amide bonds. The van der Waals surface area contributed by atoms with Crippen LogP contribution in [0.5, 0.6) is 0 Å². The highest BCUT2D eigenvalue weighted by atomic mass is 19.1. The van der Waals surface area contributed by atoms with E-state index in [1.165, 1.54) is 12.1 Å². The Morgan fingerprint density at radius 2 is 1.80 bits per heavy atom. The molecule has 0 aliphatic rings. The third kappa shape index (κ3) is 6.04. The number of rotatable bonds is 6. The summed E-state index contributed by atoms with van der Waals surface area (Å²) < 4.78 is 13.1. The second-order valence-corrected chi connectivity index (χ2v) is 5.98. The summed E-state index contributed by atoms with van der Waals surface area (Å²) in [6.45, 7) is 10.2. The average molecular weight is 280 g/mol. The van der Waals surface area contributed by atoms with Crippen molar-refractivity contribution in [3.05, 3.63) is 35.6 Å². The maximum atomic E-state index is 13.1. The third-order valence-electron chi connectivity index (χ3n) is 2.79. The number of benzene rings is 1. The molecule has 0 spiro atoms. The fourth-order valence-electron chi connectivity index (χ4n) is 2.06. The summed E-state index contributed by atoms with van der Waals surface area (Å²) in [5.74, 6) is 0.570. The first kappa shape index (κ1) is 16.5. The van der Waals surface area contributed by atoms with Crippen molar-refractivity contribution in [3.8, 4) is 0 Å². The molecule has 0 aliphatic carbocycles. The maximum Gasteiger partial charge on any atom is 0.317 e. The van der Waals surface area contributed by atoms with Gasteiger partial charge in [0.2, 0.25) is 0 Å². The molecule has 0 radical (unpaired) electrons. The Morgan fingerprint density at radius 3 is 2.30 bits per heavy atom. The van der Waals surface area contributed by atoms with Gasteiger partial charge in [0.15, 0.2) is 0 Å². The van der Waals surface area contributed by atoms with Crippen molar-refractivity contribution in [2.24, 2.45) is 11.8 Å². The molecule has 4 heteroatoms. The monoisotopic (exact) mass is 280 g/mol. The summed E-state index contributed by atoms with van der Waals surface area (Å²) in [6, 6.07) is 6.21. The summed E-state index contributed by atoms with van der Waals surface area (Å²) in [4.78, 5) is 14.0. The number of hydrogen-bond donors (Lipinski definition) is 1. The van der Waals surface area contributed by atoms with Gasteiger partial charge in [-0.2, -0.15) is 0 Å². The number of carbonyl (C=O) groups is 1. The van der Waals surface area contributed by atoms with Crippen LogP contribution in [0.3, 0.4) is 0 Å². The molecule has 1 rings (SSSR count). The van der Waals surface area contributed by atoms with Crippen LogP contribution < -0.4 is 5.32 Å². The van der Waals surface area contributed by atoms with Crippen molar-refractivity contribution >= 4 is 6.03 Å². The van der Waals surface area contributed by atoms with Gasteiger partial charge in [-0.05, 0) is 29.5 Å². The molecule has 0 aliphatic heterocycles. The number of hydrogen-bond acceptors (Lipinski definition) is 1. The van der Waals surface area contributed by atoms with Crippen LogP contribution in [0.15, 0.2) is 24.3 Å². The third-order valence-corrected chi connectivity index (χ3v) is 2.79. The zero-order valence-electron chi connectivity index (χ0n) is 12.8. The van der Waals surface area contributed by atoms with Crippen LogP contribution in [-0.4, -0.2) is 24.0 Å². The zero-order chi connectivity index (χ0) is 15.1. The van der Waals surface area contributed by atoms with Crippen LogP contribution in [0.4, 0.5) is 9.18 Å². The van der Waals surface area contributed by atoms with Gasteiger partial charge in [-0.3, -0.25) is 0 Å². The predicted octanol–water partition coefficient (Wildman–Crippen LogP) is 3.65. The van der Waals surface area contributed by atoms with E-state index >= 15 is 0 Å². The standard InChI is InChI=1S/C16H25FN2O/c1-12(2)10-19(11-13(3)4)16(20)18-9-14-6-5-7-15(17)8-14/h5-8,12-13H,9-11H2,1-4H3,(H,18,20). The molecule has 0 fully saturated rings. The number of nitrogens with one attached hydrogen (secondary N) is 1. The van der Waals surface area contributed by atoms with E-state index in [4.69, 9.17) is 0 Å². The van der Waals surface area contributed by atoms with Crippen molar-refractivity contribution in [1.82, 2.24) is 10.2 Å². The molecule has 1 aromatic rings. The number of halogens is 1. The average Bonchev–Trinajstić information content (AvgIpc) is 2.34. The van der Waals surface area contributed by atoms with Gasteiger partial charge in [-0.15, -0.1) is 0 Å². The SMILES string of the molecule is CC(C)CN(CC(C)C)C(=O)NCc1cccc(F)c1. The maximum absolute atomic E-state index is 13.1. The molecule has 0 atom stereocenters. The number of urea groups is 1. The lowest BCUT2D eigenvalue weighted by atomic mass is 10.1. The normalized spacial score (nSPS) is 10.9. The summed E-state index contributed by atoms with van der Waals surface area (Å²) >= 11 is 0. The van der Waals surface area contributed by atoms with Gasteiger partial charge < -0.3 is 10.2 Å². The highest BCUT2D eigenvalue weighted by molar-refractivity contribution is 5.74. The van der Waals surface area contributed by atoms with E-state index in [2.05, 4.69) is 33.0 Å². The van der Waals surface area contributed by atoms with E-state index in [0.717, 1.165) is 18.7 Å². The van der Waals surface area contributed by atoms with E-state index in [1.807, 2.05) is 4.90 Å². The fraction of sp³-hybridized carbons (Fsp3) is 0.562. The number of carbonyl (C=O) groups excluding carboxylic acids is 1. The second-order valence-electron chi connectivity index (χ2n) is 5.98. The Balaban J connectivity index is 2.57. The first-order valence-electron chi connectivity index (χ1n) is 7.15. The van der Waals surface area contributed by atoms with Gasteiger partial charge in [-0.1, -0.05) is 39.8 Å². The minimum atomic E-state index is -0.280. The summed E-state index contributed by atoms with van der Waals surface area (Å²) in [6.07, 6.45) is 0. The molecule has 3 nitrogen and oxygen atoms in total. The van der Waals surface area contributed by atoms with Gasteiger partial charge in [-0.25, -0.2) is 9.18 Å². The molecule has 1 aromatic carbocycles. The van der Waals surface area contributed by atoms with E-state index in [-0.39, 0.29) is 11.8 Å². The smallest absolute Gasteiger partial charge is 0.317 e. The molecule has 0 aromatic heterocycles. The molecule has 1 N–H and O–H groups in total. The van der Waals surface area contributed by atoms with Gasteiger partial charge in [0.25, 0.3) is 0 Å². The quantitative estimate of drug-likeness (QED) is 0.847. The van der Waals surface area contributed by atoms with Crippen molar-refractivity contribution in [1.29, 1.82) is 0 Å². The lowest BCUT2D eigenvalue weighted by Crippen LogP contribution is -2.43. The zero-order valence-corrected chi connectivity index (χ0v) is 12.8. The Hall–Kier alpha value is -1.58. The molecule has 0 heterocycles. The van der Waals surface area contributed by atoms with Gasteiger partial charge in [0.05, 0.1) is 0 Å². The fourth-order valence-corrected chi connectivity index (χ4v) is 2.06. The van der Waals surface area contributed by atoms with Crippen LogP contribution in [0.25, 0.3) is 0 Å². The van der Waals surface area contributed by atoms with Crippen molar-refractivity contribution < 1.29 is 9.18 Å². The summed E-state index contributed by atoms with van der Waals surface area (Å²) in [5.41, 5.74) is 0.771. The van der Waals surface area contributed by atoms with E-state index in [9.17, 15) is 9.18 Å². The van der Waals surface area contributed by atoms with Crippen LogP contribution >= 0.6 is 0 Å². The molecule has 0 saturated carbocycles. The van der Waals surface area contributed by atoms with Crippen molar-refractivity contribution in [2.75, 3.05) is 13.1 Å². The summed E-state index contributed by atoms with van der Waals surface area (Å²) in [5, 5.41) is 2.86. The van der Waals surface area contributed by atoms with E-state index < -0.39 is 0 Å².